The maximum atomic E-state index is 12.4. The molecule has 6 heteroatoms. The summed E-state index contributed by atoms with van der Waals surface area (Å²) >= 11 is 0. The highest BCUT2D eigenvalue weighted by Crippen LogP contribution is 2.27. The summed E-state index contributed by atoms with van der Waals surface area (Å²) < 4.78 is 27.4. The van der Waals surface area contributed by atoms with Gasteiger partial charge in [-0.3, -0.25) is 4.72 Å². The lowest BCUT2D eigenvalue weighted by Gasteiger charge is -2.22. The molecule has 0 radical (unpaired) electrons. The highest BCUT2D eigenvalue weighted by molar-refractivity contribution is 7.92. The fraction of sp³-hybridized carbons (Fsp3) is 0.250. The fourth-order valence-corrected chi connectivity index (χ4v) is 3.32. The second kappa shape index (κ2) is 6.70. The molecule has 0 unspecified atom stereocenters. The van der Waals surface area contributed by atoms with Crippen molar-refractivity contribution in [2.24, 2.45) is 0 Å². The zero-order valence-electron chi connectivity index (χ0n) is 12.8. The van der Waals surface area contributed by atoms with Gasteiger partial charge in [0.1, 0.15) is 0 Å². The van der Waals surface area contributed by atoms with Crippen LogP contribution in [0.4, 0.5) is 17.1 Å². The first-order valence-corrected chi connectivity index (χ1v) is 8.68. The van der Waals surface area contributed by atoms with Gasteiger partial charge in [-0.05, 0) is 44.2 Å². The first kappa shape index (κ1) is 16.2. The maximum Gasteiger partial charge on any atom is 0.261 e. The molecule has 0 saturated heterocycles. The van der Waals surface area contributed by atoms with Crippen LogP contribution < -0.4 is 15.4 Å². The first-order chi connectivity index (χ1) is 10.5. The summed E-state index contributed by atoms with van der Waals surface area (Å²) in [6, 6.07) is 13.6. The quantitative estimate of drug-likeness (QED) is 0.803. The van der Waals surface area contributed by atoms with E-state index in [2.05, 4.69) is 9.62 Å². The molecule has 118 valence electrons. The lowest BCUT2D eigenvalue weighted by molar-refractivity contribution is 0.601. The molecule has 0 saturated carbocycles. The third-order valence-corrected chi connectivity index (χ3v) is 4.84. The topological polar surface area (TPSA) is 75.4 Å². The number of hydrogen-bond donors (Lipinski definition) is 2. The second-order valence-corrected chi connectivity index (χ2v) is 6.54. The van der Waals surface area contributed by atoms with Crippen LogP contribution in [0.5, 0.6) is 0 Å². The van der Waals surface area contributed by atoms with Gasteiger partial charge in [0.15, 0.2) is 0 Å². The Bertz CT molecular complexity index is 726. The highest BCUT2D eigenvalue weighted by atomic mass is 32.2. The van der Waals surface area contributed by atoms with Crippen molar-refractivity contribution in [3.63, 3.8) is 0 Å². The Kier molecular flexibility index (Phi) is 4.92. The molecule has 0 atom stereocenters. The van der Waals surface area contributed by atoms with Crippen LogP contribution >= 0.6 is 0 Å². The minimum Gasteiger partial charge on any atom is -0.397 e. The van der Waals surface area contributed by atoms with Gasteiger partial charge in [0.2, 0.25) is 0 Å². The van der Waals surface area contributed by atoms with Gasteiger partial charge in [-0.2, -0.15) is 0 Å². The van der Waals surface area contributed by atoms with Crippen LogP contribution in [-0.2, 0) is 10.0 Å². The fourth-order valence-electron chi connectivity index (χ4n) is 2.22. The summed E-state index contributed by atoms with van der Waals surface area (Å²) in [6.07, 6.45) is 0. The molecule has 0 aliphatic rings. The Morgan fingerprint density at radius 3 is 2.27 bits per heavy atom. The van der Waals surface area contributed by atoms with Crippen LogP contribution in [0, 0.1) is 0 Å². The zero-order chi connectivity index (χ0) is 16.2. The minimum atomic E-state index is -3.64. The van der Waals surface area contributed by atoms with Crippen molar-refractivity contribution in [2.45, 2.75) is 18.7 Å². The summed E-state index contributed by atoms with van der Waals surface area (Å²) in [5, 5.41) is 0. The Balaban J connectivity index is 2.35. The van der Waals surface area contributed by atoms with Crippen LogP contribution in [0.15, 0.2) is 53.4 Å². The van der Waals surface area contributed by atoms with Gasteiger partial charge in [-0.1, -0.05) is 18.2 Å². The standard InChI is InChI=1S/C16H21N3O2S/c1-3-19(4-2)13-10-11-15(17)16(12-13)18-22(20,21)14-8-6-5-7-9-14/h5-12,18H,3-4,17H2,1-2H3. The van der Waals surface area contributed by atoms with Crippen LogP contribution in [-0.4, -0.2) is 21.5 Å². The molecule has 0 aliphatic carbocycles. The molecule has 3 N–H and O–H groups in total. The van der Waals surface area contributed by atoms with E-state index >= 15 is 0 Å². The van der Waals surface area contributed by atoms with Crippen molar-refractivity contribution in [1.29, 1.82) is 0 Å². The van der Waals surface area contributed by atoms with Gasteiger partial charge in [0.25, 0.3) is 10.0 Å². The number of nitrogens with one attached hydrogen (secondary N) is 1. The van der Waals surface area contributed by atoms with Gasteiger partial charge in [0.05, 0.1) is 16.3 Å². The molecule has 2 rings (SSSR count). The summed E-state index contributed by atoms with van der Waals surface area (Å²) in [4.78, 5) is 2.34. The number of anilines is 3. The molecule has 0 bridgehead atoms. The summed E-state index contributed by atoms with van der Waals surface area (Å²) in [6.45, 7) is 5.78. The van der Waals surface area contributed by atoms with Gasteiger partial charge in [-0.15, -0.1) is 0 Å². The molecule has 0 spiro atoms. The molecule has 0 aliphatic heterocycles. The Morgan fingerprint density at radius 2 is 1.68 bits per heavy atom. The van der Waals surface area contributed by atoms with Gasteiger partial charge >= 0.3 is 0 Å². The monoisotopic (exact) mass is 319 g/mol. The van der Waals surface area contributed by atoms with Crippen molar-refractivity contribution in [1.82, 2.24) is 0 Å². The smallest absolute Gasteiger partial charge is 0.261 e. The first-order valence-electron chi connectivity index (χ1n) is 7.20. The third kappa shape index (κ3) is 3.51. The Labute approximate surface area is 131 Å². The van der Waals surface area contributed by atoms with E-state index in [0.717, 1.165) is 18.8 Å². The van der Waals surface area contributed by atoms with E-state index < -0.39 is 10.0 Å². The molecule has 5 nitrogen and oxygen atoms in total. The predicted molar refractivity (Wildman–Crippen MR) is 91.7 cm³/mol. The van der Waals surface area contributed by atoms with E-state index in [1.165, 1.54) is 0 Å². The molecule has 0 aromatic heterocycles. The van der Waals surface area contributed by atoms with Gasteiger partial charge in [-0.25, -0.2) is 8.42 Å². The normalized spacial score (nSPS) is 11.2. The zero-order valence-corrected chi connectivity index (χ0v) is 13.6. The van der Waals surface area contributed by atoms with E-state index in [1.54, 1.807) is 42.5 Å². The van der Waals surface area contributed by atoms with Crippen molar-refractivity contribution < 1.29 is 8.42 Å². The summed E-state index contributed by atoms with van der Waals surface area (Å²) in [7, 11) is -3.64. The summed E-state index contributed by atoms with van der Waals surface area (Å²) in [5.41, 5.74) is 7.64. The van der Waals surface area contributed by atoms with Crippen molar-refractivity contribution in [2.75, 3.05) is 28.4 Å². The van der Waals surface area contributed by atoms with Crippen LogP contribution in [0.3, 0.4) is 0 Å². The van der Waals surface area contributed by atoms with E-state index in [-0.39, 0.29) is 4.90 Å². The van der Waals surface area contributed by atoms with Crippen LogP contribution in [0.1, 0.15) is 13.8 Å². The van der Waals surface area contributed by atoms with E-state index in [0.29, 0.717) is 11.4 Å². The Hall–Kier alpha value is -2.21. The maximum absolute atomic E-state index is 12.4. The van der Waals surface area contributed by atoms with E-state index in [9.17, 15) is 8.42 Å². The predicted octanol–water partition coefficient (Wildman–Crippen LogP) is 2.92. The second-order valence-electron chi connectivity index (χ2n) is 4.86. The summed E-state index contributed by atoms with van der Waals surface area (Å²) in [5.74, 6) is 0. The van der Waals surface area contributed by atoms with E-state index in [4.69, 9.17) is 5.73 Å². The van der Waals surface area contributed by atoms with Gasteiger partial charge < -0.3 is 10.6 Å². The molecular formula is C16H21N3O2S. The molecule has 0 heterocycles. The number of nitrogens with zero attached hydrogens (tertiary/aromatic N) is 1. The van der Waals surface area contributed by atoms with Crippen molar-refractivity contribution in [3.8, 4) is 0 Å². The van der Waals surface area contributed by atoms with Crippen molar-refractivity contribution >= 4 is 27.1 Å². The Morgan fingerprint density at radius 1 is 1.05 bits per heavy atom. The minimum absolute atomic E-state index is 0.211. The van der Waals surface area contributed by atoms with Crippen LogP contribution in [0.25, 0.3) is 0 Å². The number of hydrogen-bond acceptors (Lipinski definition) is 4. The van der Waals surface area contributed by atoms with Crippen molar-refractivity contribution in [3.05, 3.63) is 48.5 Å². The number of nitrogens with two attached hydrogens (primary N) is 1. The molecule has 2 aromatic rings. The van der Waals surface area contributed by atoms with E-state index in [1.807, 2.05) is 19.9 Å². The SMILES string of the molecule is CCN(CC)c1ccc(N)c(NS(=O)(=O)c2ccccc2)c1. The number of rotatable bonds is 6. The molecule has 0 fully saturated rings. The number of sulfonamides is 1. The molecular weight excluding hydrogens is 298 g/mol. The van der Waals surface area contributed by atoms with Crippen LogP contribution in [0.2, 0.25) is 0 Å². The number of nitrogen functional groups attached to an aromatic ring is 1. The average molecular weight is 319 g/mol. The van der Waals surface area contributed by atoms with Gasteiger partial charge in [0, 0.05) is 18.8 Å². The lowest BCUT2D eigenvalue weighted by atomic mass is 10.2. The highest BCUT2D eigenvalue weighted by Gasteiger charge is 2.16. The lowest BCUT2D eigenvalue weighted by Crippen LogP contribution is -2.22. The third-order valence-electron chi connectivity index (χ3n) is 3.46. The number of benzene rings is 2. The molecule has 2 aromatic carbocycles. The average Bonchev–Trinajstić information content (AvgIpc) is 2.52. The molecule has 0 amide bonds. The molecule has 22 heavy (non-hydrogen) atoms. The largest absolute Gasteiger partial charge is 0.397 e.